The summed E-state index contributed by atoms with van der Waals surface area (Å²) < 4.78 is 0. The minimum Gasteiger partial charge on any atom is -0.342 e. The Balaban J connectivity index is 0.00000162. The molecule has 1 aromatic heterocycles. The lowest BCUT2D eigenvalue weighted by Crippen LogP contribution is -1.88. The summed E-state index contributed by atoms with van der Waals surface area (Å²) in [6.45, 7) is 2.26. The summed E-state index contributed by atoms with van der Waals surface area (Å²) in [6.07, 6.45) is 9.13. The van der Waals surface area contributed by atoms with Crippen LogP contribution in [0.4, 0.5) is 0 Å². The van der Waals surface area contributed by atoms with E-state index in [9.17, 15) is 0 Å². The molecular formula is C15H23BrN2. The van der Waals surface area contributed by atoms with Crippen LogP contribution in [-0.4, -0.2) is 9.97 Å². The number of hydrogen-bond donors (Lipinski definition) is 1. The molecule has 1 aromatic carbocycles. The molecule has 0 fully saturated rings. The van der Waals surface area contributed by atoms with Gasteiger partial charge in [-0.15, -0.1) is 17.0 Å². The Morgan fingerprint density at radius 3 is 2.50 bits per heavy atom. The van der Waals surface area contributed by atoms with E-state index < -0.39 is 0 Å². The molecule has 1 heterocycles. The molecule has 0 radical (unpaired) electrons. The second kappa shape index (κ2) is 8.30. The molecule has 0 spiro atoms. The Labute approximate surface area is 120 Å². The summed E-state index contributed by atoms with van der Waals surface area (Å²) in [4.78, 5) is 7.98. The van der Waals surface area contributed by atoms with Crippen molar-refractivity contribution >= 4 is 28.0 Å². The van der Waals surface area contributed by atoms with Crippen molar-refractivity contribution in [2.45, 2.75) is 51.9 Å². The van der Waals surface area contributed by atoms with Crippen LogP contribution < -0.4 is 0 Å². The number of nitrogens with one attached hydrogen (secondary N) is 1. The first kappa shape index (κ1) is 15.2. The third-order valence-electron chi connectivity index (χ3n) is 3.21. The van der Waals surface area contributed by atoms with Gasteiger partial charge in [0.05, 0.1) is 11.0 Å². The average molecular weight is 311 g/mol. The summed E-state index contributed by atoms with van der Waals surface area (Å²) in [5, 5.41) is 0. The van der Waals surface area contributed by atoms with Crippen molar-refractivity contribution in [3.8, 4) is 0 Å². The lowest BCUT2D eigenvalue weighted by atomic mass is 10.1. The second-order valence-electron chi connectivity index (χ2n) is 4.72. The summed E-state index contributed by atoms with van der Waals surface area (Å²) >= 11 is 0. The smallest absolute Gasteiger partial charge is 0.107 e. The summed E-state index contributed by atoms with van der Waals surface area (Å²) in [5.41, 5.74) is 2.25. The number of unbranched alkanes of at least 4 members (excludes halogenated alkanes) is 5. The largest absolute Gasteiger partial charge is 0.342 e. The van der Waals surface area contributed by atoms with Crippen molar-refractivity contribution < 1.29 is 0 Å². The Morgan fingerprint density at radius 2 is 1.72 bits per heavy atom. The zero-order valence-corrected chi connectivity index (χ0v) is 12.8. The van der Waals surface area contributed by atoms with Crippen LogP contribution in [-0.2, 0) is 6.42 Å². The number of aromatic nitrogens is 2. The van der Waals surface area contributed by atoms with Gasteiger partial charge in [0.15, 0.2) is 0 Å². The summed E-state index contributed by atoms with van der Waals surface area (Å²) in [7, 11) is 0. The maximum absolute atomic E-state index is 4.59. The van der Waals surface area contributed by atoms with E-state index in [2.05, 4.69) is 35.1 Å². The molecule has 0 saturated carbocycles. The molecule has 0 saturated heterocycles. The molecule has 0 aliphatic heterocycles. The molecule has 0 aliphatic carbocycles. The predicted molar refractivity (Wildman–Crippen MR) is 83.5 cm³/mol. The fourth-order valence-electron chi connectivity index (χ4n) is 2.20. The zero-order chi connectivity index (χ0) is 11.9. The fraction of sp³-hybridized carbons (Fsp3) is 0.533. The van der Waals surface area contributed by atoms with Crippen LogP contribution >= 0.6 is 17.0 Å². The average Bonchev–Trinajstić information content (AvgIpc) is 2.76. The Kier molecular flexibility index (Phi) is 7.02. The molecule has 100 valence electrons. The normalized spacial score (nSPS) is 10.5. The van der Waals surface area contributed by atoms with Gasteiger partial charge < -0.3 is 4.98 Å². The fourth-order valence-corrected chi connectivity index (χ4v) is 2.20. The van der Waals surface area contributed by atoms with E-state index in [0.717, 1.165) is 23.3 Å². The first-order valence-corrected chi connectivity index (χ1v) is 6.84. The summed E-state index contributed by atoms with van der Waals surface area (Å²) in [6, 6.07) is 8.25. The standard InChI is InChI=1S/C15H22N2.BrH/c1-2-3-4-5-6-7-12-15-16-13-10-8-9-11-14(13)17-15;/h8-11H,2-7,12H2,1H3,(H,16,17);1H. The van der Waals surface area contributed by atoms with Crippen LogP contribution in [0.15, 0.2) is 24.3 Å². The molecule has 2 nitrogen and oxygen atoms in total. The third kappa shape index (κ3) is 4.45. The van der Waals surface area contributed by atoms with Gasteiger partial charge in [-0.3, -0.25) is 0 Å². The second-order valence-corrected chi connectivity index (χ2v) is 4.72. The van der Waals surface area contributed by atoms with E-state index >= 15 is 0 Å². The number of nitrogens with zero attached hydrogens (tertiary/aromatic N) is 1. The number of rotatable bonds is 7. The van der Waals surface area contributed by atoms with Crippen molar-refractivity contribution in [2.24, 2.45) is 0 Å². The van der Waals surface area contributed by atoms with Gasteiger partial charge >= 0.3 is 0 Å². The van der Waals surface area contributed by atoms with Gasteiger partial charge in [-0.05, 0) is 18.6 Å². The van der Waals surface area contributed by atoms with Crippen LogP contribution in [0.3, 0.4) is 0 Å². The molecule has 0 aliphatic rings. The van der Waals surface area contributed by atoms with E-state index in [4.69, 9.17) is 0 Å². The lowest BCUT2D eigenvalue weighted by Gasteiger charge is -1.98. The number of hydrogen-bond acceptors (Lipinski definition) is 1. The van der Waals surface area contributed by atoms with E-state index in [0.29, 0.717) is 0 Å². The van der Waals surface area contributed by atoms with Crippen molar-refractivity contribution in [3.63, 3.8) is 0 Å². The topological polar surface area (TPSA) is 28.7 Å². The number of benzene rings is 1. The van der Waals surface area contributed by atoms with E-state index in [1.165, 1.54) is 38.5 Å². The molecule has 0 atom stereocenters. The number of aryl methyl sites for hydroxylation is 1. The SMILES string of the molecule is Br.CCCCCCCCc1nc2ccccc2[nH]1. The first-order chi connectivity index (χ1) is 8.40. The van der Waals surface area contributed by atoms with Crippen molar-refractivity contribution in [2.75, 3.05) is 0 Å². The van der Waals surface area contributed by atoms with Crippen LogP contribution in [0.2, 0.25) is 0 Å². The number of halogens is 1. The maximum atomic E-state index is 4.59. The maximum Gasteiger partial charge on any atom is 0.107 e. The Bertz CT molecular complexity index is 417. The zero-order valence-electron chi connectivity index (χ0n) is 11.1. The molecular weight excluding hydrogens is 288 g/mol. The highest BCUT2D eigenvalue weighted by atomic mass is 79.9. The summed E-state index contributed by atoms with van der Waals surface area (Å²) in [5.74, 6) is 1.14. The van der Waals surface area contributed by atoms with Gasteiger partial charge in [0.2, 0.25) is 0 Å². The van der Waals surface area contributed by atoms with E-state index in [1.54, 1.807) is 0 Å². The van der Waals surface area contributed by atoms with E-state index in [1.807, 2.05) is 6.07 Å². The number of para-hydroxylation sites is 2. The molecule has 18 heavy (non-hydrogen) atoms. The molecule has 0 bridgehead atoms. The monoisotopic (exact) mass is 310 g/mol. The highest BCUT2D eigenvalue weighted by Crippen LogP contribution is 2.13. The van der Waals surface area contributed by atoms with Crippen molar-refractivity contribution in [3.05, 3.63) is 30.1 Å². The lowest BCUT2D eigenvalue weighted by molar-refractivity contribution is 0.602. The quantitative estimate of drug-likeness (QED) is 0.713. The predicted octanol–water partition coefficient (Wildman–Crippen LogP) is 5.04. The van der Waals surface area contributed by atoms with Crippen LogP contribution in [0.25, 0.3) is 11.0 Å². The molecule has 0 amide bonds. The number of aromatic amines is 1. The van der Waals surface area contributed by atoms with Gasteiger partial charge in [-0.2, -0.15) is 0 Å². The minimum absolute atomic E-state index is 0. The van der Waals surface area contributed by atoms with Gasteiger partial charge in [-0.25, -0.2) is 4.98 Å². The molecule has 1 N–H and O–H groups in total. The number of imidazole rings is 1. The van der Waals surface area contributed by atoms with Crippen LogP contribution in [0.1, 0.15) is 51.3 Å². The molecule has 2 aromatic rings. The highest BCUT2D eigenvalue weighted by molar-refractivity contribution is 8.93. The number of H-pyrrole nitrogens is 1. The minimum atomic E-state index is 0. The highest BCUT2D eigenvalue weighted by Gasteiger charge is 2.01. The molecule has 3 heteroatoms. The Morgan fingerprint density at radius 1 is 1.00 bits per heavy atom. The van der Waals surface area contributed by atoms with Gasteiger partial charge in [0.1, 0.15) is 5.82 Å². The van der Waals surface area contributed by atoms with Crippen LogP contribution in [0, 0.1) is 0 Å². The van der Waals surface area contributed by atoms with Crippen molar-refractivity contribution in [1.29, 1.82) is 0 Å². The van der Waals surface area contributed by atoms with Crippen molar-refractivity contribution in [1.82, 2.24) is 9.97 Å². The number of fused-ring (bicyclic) bond motifs is 1. The Hall–Kier alpha value is -0.830. The first-order valence-electron chi connectivity index (χ1n) is 6.84. The third-order valence-corrected chi connectivity index (χ3v) is 3.21. The molecule has 0 unspecified atom stereocenters. The van der Waals surface area contributed by atoms with Crippen LogP contribution in [0.5, 0.6) is 0 Å². The van der Waals surface area contributed by atoms with Gasteiger partial charge in [0, 0.05) is 6.42 Å². The van der Waals surface area contributed by atoms with E-state index in [-0.39, 0.29) is 17.0 Å². The van der Waals surface area contributed by atoms with Gasteiger partial charge in [-0.1, -0.05) is 51.2 Å². The van der Waals surface area contributed by atoms with Gasteiger partial charge in [0.25, 0.3) is 0 Å². The molecule has 2 rings (SSSR count).